The zero-order valence-corrected chi connectivity index (χ0v) is 12.2. The van der Waals surface area contributed by atoms with Crippen LogP contribution in [0.25, 0.3) is 0 Å². The lowest BCUT2D eigenvalue weighted by Crippen LogP contribution is -2.51. The van der Waals surface area contributed by atoms with Crippen LogP contribution in [0.3, 0.4) is 0 Å². The van der Waals surface area contributed by atoms with E-state index in [1.165, 1.54) is 6.26 Å². The summed E-state index contributed by atoms with van der Waals surface area (Å²) in [6.07, 6.45) is 7.13. The minimum Gasteiger partial charge on any atom is -0.472 e. The fourth-order valence-electron chi connectivity index (χ4n) is 2.69. The lowest BCUT2D eigenvalue weighted by atomic mass is 10.0. The highest BCUT2D eigenvalue weighted by Crippen LogP contribution is 2.20. The van der Waals surface area contributed by atoms with Gasteiger partial charge >= 0.3 is 0 Å². The van der Waals surface area contributed by atoms with Crippen molar-refractivity contribution in [3.63, 3.8) is 0 Å². The molecule has 6 heteroatoms. The highest BCUT2D eigenvalue weighted by Gasteiger charge is 2.33. The molecule has 2 amide bonds. The van der Waals surface area contributed by atoms with E-state index in [0.717, 1.165) is 18.4 Å². The number of amides is 2. The fourth-order valence-corrected chi connectivity index (χ4v) is 2.69. The molecular weight excluding hydrogens is 284 g/mol. The number of carbonyl (C=O) groups is 2. The van der Waals surface area contributed by atoms with Gasteiger partial charge in [0.2, 0.25) is 5.91 Å². The highest BCUT2D eigenvalue weighted by atomic mass is 16.3. The standard InChI is InChI=1S/C16H18N2O4/c19-15(17-10-12-6-9-21-11-12)13-4-1-2-7-18(13)16(20)14-5-3-8-22-14/h3,5-6,8-9,11,13H,1-2,4,7,10H2,(H,17,19)/t13-/m0/s1. The molecule has 1 aliphatic rings. The van der Waals surface area contributed by atoms with Crippen LogP contribution in [0.2, 0.25) is 0 Å². The second-order valence-corrected chi connectivity index (χ2v) is 5.34. The van der Waals surface area contributed by atoms with Gasteiger partial charge in [0.25, 0.3) is 5.91 Å². The molecule has 1 saturated heterocycles. The van der Waals surface area contributed by atoms with E-state index in [1.807, 2.05) is 0 Å². The van der Waals surface area contributed by atoms with Crippen molar-refractivity contribution in [1.29, 1.82) is 0 Å². The Kier molecular flexibility index (Phi) is 4.27. The van der Waals surface area contributed by atoms with Gasteiger partial charge in [-0.2, -0.15) is 0 Å². The van der Waals surface area contributed by atoms with E-state index in [9.17, 15) is 9.59 Å². The van der Waals surface area contributed by atoms with E-state index < -0.39 is 6.04 Å². The number of hydrogen-bond acceptors (Lipinski definition) is 4. The van der Waals surface area contributed by atoms with Crippen molar-refractivity contribution < 1.29 is 18.4 Å². The van der Waals surface area contributed by atoms with Crippen LogP contribution in [-0.2, 0) is 11.3 Å². The molecule has 6 nitrogen and oxygen atoms in total. The highest BCUT2D eigenvalue weighted by molar-refractivity contribution is 5.95. The monoisotopic (exact) mass is 302 g/mol. The number of hydrogen-bond donors (Lipinski definition) is 1. The predicted molar refractivity (Wildman–Crippen MR) is 77.9 cm³/mol. The van der Waals surface area contributed by atoms with E-state index in [1.54, 1.807) is 35.6 Å². The van der Waals surface area contributed by atoms with Crippen LogP contribution in [0, 0.1) is 0 Å². The Bertz CT molecular complexity index is 619. The third-order valence-corrected chi connectivity index (χ3v) is 3.85. The maximum atomic E-state index is 12.4. The number of piperidine rings is 1. The largest absolute Gasteiger partial charge is 0.472 e. The van der Waals surface area contributed by atoms with Crippen molar-refractivity contribution in [2.24, 2.45) is 0 Å². The van der Waals surface area contributed by atoms with Gasteiger partial charge < -0.3 is 19.1 Å². The number of rotatable bonds is 4. The predicted octanol–water partition coefficient (Wildman–Crippen LogP) is 2.18. The van der Waals surface area contributed by atoms with Crippen molar-refractivity contribution >= 4 is 11.8 Å². The molecule has 0 saturated carbocycles. The molecule has 1 atom stereocenters. The molecule has 0 aromatic carbocycles. The van der Waals surface area contributed by atoms with Crippen LogP contribution in [0.5, 0.6) is 0 Å². The summed E-state index contributed by atoms with van der Waals surface area (Å²) in [6, 6.07) is 4.65. The Labute approximate surface area is 128 Å². The zero-order valence-electron chi connectivity index (χ0n) is 12.2. The summed E-state index contributed by atoms with van der Waals surface area (Å²) < 4.78 is 10.1. The van der Waals surface area contributed by atoms with Crippen LogP contribution >= 0.6 is 0 Å². The van der Waals surface area contributed by atoms with Gasteiger partial charge in [-0.3, -0.25) is 9.59 Å². The maximum Gasteiger partial charge on any atom is 0.290 e. The first-order valence-corrected chi connectivity index (χ1v) is 7.39. The topological polar surface area (TPSA) is 75.7 Å². The summed E-state index contributed by atoms with van der Waals surface area (Å²) in [4.78, 5) is 26.5. The summed E-state index contributed by atoms with van der Waals surface area (Å²) in [5.74, 6) is -0.0940. The van der Waals surface area contributed by atoms with Crippen LogP contribution in [0.4, 0.5) is 0 Å². The summed E-state index contributed by atoms with van der Waals surface area (Å²) in [6.45, 7) is 0.970. The Morgan fingerprint density at radius 2 is 2.18 bits per heavy atom. The first-order valence-electron chi connectivity index (χ1n) is 7.39. The van der Waals surface area contributed by atoms with Crippen molar-refractivity contribution in [3.8, 4) is 0 Å². The number of likely N-dealkylation sites (tertiary alicyclic amines) is 1. The molecule has 3 rings (SSSR count). The van der Waals surface area contributed by atoms with Crippen LogP contribution in [0.1, 0.15) is 35.4 Å². The third-order valence-electron chi connectivity index (χ3n) is 3.85. The molecule has 0 spiro atoms. The lowest BCUT2D eigenvalue weighted by molar-refractivity contribution is -0.126. The lowest BCUT2D eigenvalue weighted by Gasteiger charge is -2.34. The number of furan rings is 2. The zero-order chi connectivity index (χ0) is 15.4. The smallest absolute Gasteiger partial charge is 0.290 e. The second-order valence-electron chi connectivity index (χ2n) is 5.34. The summed E-state index contributed by atoms with van der Waals surface area (Å²) >= 11 is 0. The molecule has 3 heterocycles. The first kappa shape index (κ1) is 14.4. The quantitative estimate of drug-likeness (QED) is 0.939. The fraction of sp³-hybridized carbons (Fsp3) is 0.375. The van der Waals surface area contributed by atoms with Gasteiger partial charge in [0, 0.05) is 18.7 Å². The van der Waals surface area contributed by atoms with Gasteiger partial charge in [-0.15, -0.1) is 0 Å². The van der Waals surface area contributed by atoms with Gasteiger partial charge in [0.05, 0.1) is 18.8 Å². The van der Waals surface area contributed by atoms with E-state index in [2.05, 4.69) is 5.32 Å². The number of nitrogens with zero attached hydrogens (tertiary/aromatic N) is 1. The minimum absolute atomic E-state index is 0.138. The average molecular weight is 302 g/mol. The Morgan fingerprint density at radius 3 is 2.91 bits per heavy atom. The van der Waals surface area contributed by atoms with Gasteiger partial charge in [-0.25, -0.2) is 0 Å². The Balaban J connectivity index is 1.66. The molecule has 1 N–H and O–H groups in total. The summed E-state index contributed by atoms with van der Waals surface area (Å²) in [5.41, 5.74) is 0.896. The molecule has 2 aromatic rings. The van der Waals surface area contributed by atoms with Gasteiger partial charge in [-0.05, 0) is 37.5 Å². The molecular formula is C16H18N2O4. The molecule has 0 aliphatic carbocycles. The van der Waals surface area contributed by atoms with Crippen molar-refractivity contribution in [2.75, 3.05) is 6.54 Å². The van der Waals surface area contributed by atoms with Crippen LogP contribution in [0.15, 0.2) is 45.8 Å². The molecule has 1 aliphatic heterocycles. The van der Waals surface area contributed by atoms with Crippen LogP contribution in [-0.4, -0.2) is 29.3 Å². The van der Waals surface area contributed by atoms with Gasteiger partial charge in [0.1, 0.15) is 6.04 Å². The second kappa shape index (κ2) is 6.51. The van der Waals surface area contributed by atoms with E-state index in [4.69, 9.17) is 8.83 Å². The number of carbonyl (C=O) groups excluding carboxylic acids is 2. The Hall–Kier alpha value is -2.50. The molecule has 1 fully saturated rings. The van der Waals surface area contributed by atoms with Gasteiger partial charge in [-0.1, -0.05) is 0 Å². The van der Waals surface area contributed by atoms with Crippen molar-refractivity contribution in [2.45, 2.75) is 31.8 Å². The normalized spacial score (nSPS) is 18.2. The third kappa shape index (κ3) is 3.05. The summed E-state index contributed by atoms with van der Waals surface area (Å²) in [7, 11) is 0. The molecule has 2 aromatic heterocycles. The first-order chi connectivity index (χ1) is 10.8. The van der Waals surface area contributed by atoms with Gasteiger partial charge in [0.15, 0.2) is 5.76 Å². The van der Waals surface area contributed by atoms with E-state index >= 15 is 0 Å². The van der Waals surface area contributed by atoms with Crippen molar-refractivity contribution in [3.05, 3.63) is 48.3 Å². The van der Waals surface area contributed by atoms with Crippen molar-refractivity contribution in [1.82, 2.24) is 10.2 Å². The average Bonchev–Trinajstić information content (AvgIpc) is 3.25. The molecule has 22 heavy (non-hydrogen) atoms. The maximum absolute atomic E-state index is 12.4. The van der Waals surface area contributed by atoms with E-state index in [0.29, 0.717) is 19.5 Å². The number of nitrogens with one attached hydrogen (secondary N) is 1. The molecule has 0 bridgehead atoms. The Morgan fingerprint density at radius 1 is 1.27 bits per heavy atom. The SMILES string of the molecule is O=C(NCc1ccoc1)[C@@H]1CCCCN1C(=O)c1ccco1. The molecule has 0 radical (unpaired) electrons. The van der Waals surface area contributed by atoms with E-state index in [-0.39, 0.29) is 17.6 Å². The molecule has 0 unspecified atom stereocenters. The summed E-state index contributed by atoms with van der Waals surface area (Å²) in [5, 5.41) is 2.86. The van der Waals surface area contributed by atoms with Crippen LogP contribution < -0.4 is 5.32 Å². The minimum atomic E-state index is -0.446. The molecule has 116 valence electrons.